The third-order valence-electron chi connectivity index (χ3n) is 4.65. The van der Waals surface area contributed by atoms with Gasteiger partial charge in [0.25, 0.3) is 0 Å². The molecule has 0 spiro atoms. The molecule has 1 aromatic heterocycles. The molecule has 0 amide bonds. The Morgan fingerprint density at radius 2 is 1.96 bits per heavy atom. The number of para-hydroxylation sites is 1. The number of benzene rings is 2. The van der Waals surface area contributed by atoms with Crippen molar-refractivity contribution in [1.29, 1.82) is 0 Å². The molecular weight excluding hydrogens is 398 g/mol. The summed E-state index contributed by atoms with van der Waals surface area (Å²) in [4.78, 5) is 0. The minimum Gasteiger partial charge on any atom is -0.484 e. The van der Waals surface area contributed by atoms with Crippen LogP contribution in [0.25, 0.3) is 0 Å². The van der Waals surface area contributed by atoms with Crippen molar-refractivity contribution in [3.8, 4) is 17.2 Å². The van der Waals surface area contributed by atoms with Crippen LogP contribution in [0.1, 0.15) is 30.3 Å². The predicted octanol–water partition coefficient (Wildman–Crippen LogP) is 4.87. The maximum absolute atomic E-state index is 6.18. The lowest BCUT2D eigenvalue weighted by Crippen LogP contribution is -2.07. The van der Waals surface area contributed by atoms with Crippen LogP contribution in [0.15, 0.2) is 47.6 Å². The Kier molecular flexibility index (Phi) is 4.78. The van der Waals surface area contributed by atoms with E-state index in [4.69, 9.17) is 25.8 Å². The van der Waals surface area contributed by atoms with E-state index in [0.29, 0.717) is 23.4 Å². The Balaban J connectivity index is 1.29. The van der Waals surface area contributed by atoms with Crippen LogP contribution in [0, 0.1) is 0 Å². The van der Waals surface area contributed by atoms with Crippen molar-refractivity contribution >= 4 is 23.4 Å². The van der Waals surface area contributed by atoms with Gasteiger partial charge in [0.05, 0.1) is 5.02 Å². The molecule has 0 bridgehead atoms. The van der Waals surface area contributed by atoms with Crippen molar-refractivity contribution in [2.24, 2.45) is 0 Å². The van der Waals surface area contributed by atoms with Crippen molar-refractivity contribution in [2.75, 3.05) is 6.79 Å². The first-order chi connectivity index (χ1) is 13.8. The van der Waals surface area contributed by atoms with Gasteiger partial charge < -0.3 is 14.2 Å². The Morgan fingerprint density at radius 3 is 2.82 bits per heavy atom. The zero-order chi connectivity index (χ0) is 18.9. The molecule has 1 aliphatic heterocycles. The fraction of sp³-hybridized carbons (Fsp3) is 0.300. The van der Waals surface area contributed by atoms with Crippen LogP contribution in [-0.4, -0.2) is 21.6 Å². The van der Waals surface area contributed by atoms with E-state index in [1.165, 1.54) is 0 Å². The van der Waals surface area contributed by atoms with Crippen LogP contribution in [0.3, 0.4) is 0 Å². The van der Waals surface area contributed by atoms with E-state index >= 15 is 0 Å². The van der Waals surface area contributed by atoms with Gasteiger partial charge in [-0.05, 0) is 42.7 Å². The maximum atomic E-state index is 6.18. The average Bonchev–Trinajstić information content (AvgIpc) is 3.30. The molecule has 8 heteroatoms. The van der Waals surface area contributed by atoms with Gasteiger partial charge in [-0.2, -0.15) is 0 Å². The lowest BCUT2D eigenvalue weighted by molar-refractivity contribution is 0.174. The Labute approximate surface area is 171 Å². The second-order valence-electron chi connectivity index (χ2n) is 6.70. The third-order valence-corrected chi connectivity index (χ3v) is 5.97. The van der Waals surface area contributed by atoms with Crippen LogP contribution in [-0.2, 0) is 12.4 Å². The SMILES string of the molecule is Clc1ccccc1OCc1nnc(SCc2ccc3c(c2)OCO3)n1C1CC1. The normalized spacial score (nSPS) is 15.0. The summed E-state index contributed by atoms with van der Waals surface area (Å²) in [6.07, 6.45) is 2.30. The highest BCUT2D eigenvalue weighted by Gasteiger charge is 2.30. The highest BCUT2D eigenvalue weighted by atomic mass is 35.5. The van der Waals surface area contributed by atoms with Crippen LogP contribution in [0.2, 0.25) is 5.02 Å². The van der Waals surface area contributed by atoms with Crippen molar-refractivity contribution in [3.63, 3.8) is 0 Å². The zero-order valence-corrected chi connectivity index (χ0v) is 16.6. The fourth-order valence-electron chi connectivity index (χ4n) is 3.09. The Bertz CT molecular complexity index is 1010. The molecular formula is C20H18ClN3O3S. The number of ether oxygens (including phenoxy) is 3. The van der Waals surface area contributed by atoms with Gasteiger partial charge in [-0.3, -0.25) is 4.57 Å². The molecule has 0 radical (unpaired) electrons. The van der Waals surface area contributed by atoms with Crippen molar-refractivity contribution in [2.45, 2.75) is 36.4 Å². The van der Waals surface area contributed by atoms with Gasteiger partial charge in [0, 0.05) is 11.8 Å². The number of aromatic nitrogens is 3. The van der Waals surface area contributed by atoms with Gasteiger partial charge in [0.15, 0.2) is 22.5 Å². The molecule has 0 saturated heterocycles. The summed E-state index contributed by atoms with van der Waals surface area (Å²) in [5.41, 5.74) is 1.16. The van der Waals surface area contributed by atoms with Crippen molar-refractivity contribution in [1.82, 2.24) is 14.8 Å². The van der Waals surface area contributed by atoms with E-state index in [9.17, 15) is 0 Å². The van der Waals surface area contributed by atoms with E-state index in [-0.39, 0.29) is 6.79 Å². The van der Waals surface area contributed by atoms with E-state index in [1.54, 1.807) is 11.8 Å². The van der Waals surface area contributed by atoms with Gasteiger partial charge in [0.1, 0.15) is 12.4 Å². The van der Waals surface area contributed by atoms with Crippen LogP contribution < -0.4 is 14.2 Å². The topological polar surface area (TPSA) is 58.4 Å². The summed E-state index contributed by atoms with van der Waals surface area (Å²) in [6.45, 7) is 0.633. The first kappa shape index (κ1) is 17.7. The van der Waals surface area contributed by atoms with Crippen molar-refractivity contribution < 1.29 is 14.2 Å². The summed E-state index contributed by atoms with van der Waals surface area (Å²) in [5.74, 6) is 3.87. The van der Waals surface area contributed by atoms with Crippen LogP contribution in [0.4, 0.5) is 0 Å². The zero-order valence-electron chi connectivity index (χ0n) is 15.0. The first-order valence-electron chi connectivity index (χ1n) is 9.10. The highest BCUT2D eigenvalue weighted by molar-refractivity contribution is 7.98. The minimum absolute atomic E-state index is 0.288. The molecule has 28 heavy (non-hydrogen) atoms. The van der Waals surface area contributed by atoms with Gasteiger partial charge in [-0.1, -0.05) is 41.6 Å². The van der Waals surface area contributed by atoms with Gasteiger partial charge in [-0.15, -0.1) is 10.2 Å². The Morgan fingerprint density at radius 1 is 1.11 bits per heavy atom. The minimum atomic E-state index is 0.288. The summed E-state index contributed by atoms with van der Waals surface area (Å²) in [6, 6.07) is 13.9. The maximum Gasteiger partial charge on any atom is 0.231 e. The molecule has 0 atom stereocenters. The van der Waals surface area contributed by atoms with E-state index in [1.807, 2.05) is 36.4 Å². The van der Waals surface area contributed by atoms with Gasteiger partial charge >= 0.3 is 0 Å². The molecule has 3 aromatic rings. The van der Waals surface area contributed by atoms with E-state index in [0.717, 1.165) is 46.6 Å². The third kappa shape index (κ3) is 3.64. The fourth-order valence-corrected chi connectivity index (χ4v) is 4.24. The molecule has 1 fully saturated rings. The monoisotopic (exact) mass is 415 g/mol. The summed E-state index contributed by atoms with van der Waals surface area (Å²) in [5, 5.41) is 10.3. The molecule has 1 saturated carbocycles. The standard InChI is InChI=1S/C20H18ClN3O3S/c21-15-3-1-2-4-16(15)25-10-19-22-23-20(24(19)14-6-7-14)28-11-13-5-8-17-18(9-13)27-12-26-17/h1-5,8-9,14H,6-7,10-12H2. The number of hydrogen-bond donors (Lipinski definition) is 0. The molecule has 6 nitrogen and oxygen atoms in total. The van der Waals surface area contributed by atoms with Gasteiger partial charge in [0.2, 0.25) is 6.79 Å². The lowest BCUT2D eigenvalue weighted by atomic mass is 10.2. The summed E-state index contributed by atoms with van der Waals surface area (Å²) >= 11 is 7.85. The van der Waals surface area contributed by atoms with Crippen LogP contribution >= 0.6 is 23.4 Å². The number of rotatable bonds is 7. The molecule has 2 aliphatic rings. The average molecular weight is 416 g/mol. The highest BCUT2D eigenvalue weighted by Crippen LogP contribution is 2.40. The molecule has 2 aromatic carbocycles. The number of nitrogens with zero attached hydrogens (tertiary/aromatic N) is 3. The van der Waals surface area contributed by atoms with Crippen LogP contribution in [0.5, 0.6) is 17.2 Å². The molecule has 144 valence electrons. The predicted molar refractivity (Wildman–Crippen MR) is 106 cm³/mol. The van der Waals surface area contributed by atoms with Crippen molar-refractivity contribution in [3.05, 3.63) is 58.9 Å². The Hall–Kier alpha value is -2.38. The molecule has 0 N–H and O–H groups in total. The lowest BCUT2D eigenvalue weighted by Gasteiger charge is -2.11. The molecule has 2 heterocycles. The quantitative estimate of drug-likeness (QED) is 0.513. The second-order valence-corrected chi connectivity index (χ2v) is 8.05. The second kappa shape index (κ2) is 7.56. The summed E-state index contributed by atoms with van der Waals surface area (Å²) < 4.78 is 18.9. The van der Waals surface area contributed by atoms with Gasteiger partial charge in [-0.25, -0.2) is 0 Å². The number of fused-ring (bicyclic) bond motifs is 1. The first-order valence-corrected chi connectivity index (χ1v) is 10.5. The number of hydrogen-bond acceptors (Lipinski definition) is 6. The number of thioether (sulfide) groups is 1. The largest absolute Gasteiger partial charge is 0.484 e. The molecule has 0 unspecified atom stereocenters. The number of halogens is 1. The molecule has 1 aliphatic carbocycles. The van der Waals surface area contributed by atoms with E-state index in [2.05, 4.69) is 20.8 Å². The molecule has 5 rings (SSSR count). The van der Waals surface area contributed by atoms with E-state index < -0.39 is 0 Å². The summed E-state index contributed by atoms with van der Waals surface area (Å²) in [7, 11) is 0. The smallest absolute Gasteiger partial charge is 0.231 e.